The Morgan fingerprint density at radius 1 is 0.500 bits per heavy atom. The smallest absolute Gasteiger partial charge is 0.119 e. The van der Waals surface area contributed by atoms with Gasteiger partial charge in [0, 0.05) is 34.3 Å². The average molecular weight is 526 g/mol. The van der Waals surface area contributed by atoms with Crippen molar-refractivity contribution in [1.29, 1.82) is 0 Å². The lowest BCUT2D eigenvalue weighted by Gasteiger charge is -2.14. The number of hydrogen-bond donors (Lipinski definition) is 0. The van der Waals surface area contributed by atoms with Crippen LogP contribution in [0.4, 0.5) is 0 Å². The summed E-state index contributed by atoms with van der Waals surface area (Å²) in [7, 11) is 3.39. The van der Waals surface area contributed by atoms with E-state index in [1.807, 2.05) is 24.5 Å². The average Bonchev–Trinajstić information content (AvgIpc) is 2.96. The summed E-state index contributed by atoms with van der Waals surface area (Å²) in [6.07, 6.45) is 3.88. The second kappa shape index (κ2) is 10.1. The van der Waals surface area contributed by atoms with E-state index in [-0.39, 0.29) is 0 Å². The van der Waals surface area contributed by atoms with Crippen LogP contribution >= 0.6 is 0 Å². The van der Waals surface area contributed by atoms with Gasteiger partial charge >= 0.3 is 0 Å². The minimum Gasteiger partial charge on any atom is -0.497 e. The molecule has 0 bridgehead atoms. The van der Waals surface area contributed by atoms with Crippen molar-refractivity contribution < 1.29 is 9.47 Å². The van der Waals surface area contributed by atoms with Crippen LogP contribution in [-0.4, -0.2) is 29.2 Å². The molecule has 0 N–H and O–H groups in total. The highest BCUT2D eigenvalue weighted by Crippen LogP contribution is 2.35. The fraction of sp³-hybridized carbons (Fsp3) is 0.171. The van der Waals surface area contributed by atoms with Crippen molar-refractivity contribution in [2.24, 2.45) is 0 Å². The van der Waals surface area contributed by atoms with Crippen molar-refractivity contribution in [3.63, 3.8) is 0 Å². The monoisotopic (exact) mass is 525 g/mol. The van der Waals surface area contributed by atoms with Crippen molar-refractivity contribution in [2.45, 2.75) is 27.7 Å². The molecule has 0 spiro atoms. The first kappa shape index (κ1) is 25.5. The third-order valence-electron chi connectivity index (χ3n) is 7.60. The molecule has 0 aliphatic heterocycles. The molecule has 5 heteroatoms. The number of fused-ring (bicyclic) bond motifs is 3. The molecule has 0 radical (unpaired) electrons. The molecule has 3 aromatic carbocycles. The molecule has 0 saturated heterocycles. The zero-order valence-corrected chi connectivity index (χ0v) is 23.7. The lowest BCUT2D eigenvalue weighted by molar-refractivity contribution is 0.414. The second-order valence-electron chi connectivity index (χ2n) is 10.3. The first-order valence-electron chi connectivity index (χ1n) is 13.3. The van der Waals surface area contributed by atoms with Gasteiger partial charge in [-0.2, -0.15) is 0 Å². The molecule has 0 fully saturated rings. The molecule has 0 unspecified atom stereocenters. The number of methoxy groups -OCH3 is 2. The summed E-state index contributed by atoms with van der Waals surface area (Å²) in [5.74, 6) is 1.73. The Labute approximate surface area is 234 Å². The number of aryl methyl sites for hydroxylation is 4. The molecule has 3 aromatic heterocycles. The van der Waals surface area contributed by atoms with Crippen molar-refractivity contribution >= 4 is 21.8 Å². The van der Waals surface area contributed by atoms with E-state index in [2.05, 4.69) is 82.3 Å². The first-order chi connectivity index (χ1) is 19.4. The number of ether oxygens (including phenoxy) is 2. The molecule has 0 aliphatic rings. The van der Waals surface area contributed by atoms with Gasteiger partial charge in [-0.1, -0.05) is 24.3 Å². The molecule has 0 atom stereocenters. The predicted octanol–water partition coefficient (Wildman–Crippen LogP) is 8.43. The number of rotatable bonds is 5. The molecule has 6 aromatic rings. The Kier molecular flexibility index (Phi) is 6.43. The Balaban J connectivity index is 1.39. The maximum absolute atomic E-state index is 5.45. The second-order valence-corrected chi connectivity index (χ2v) is 10.3. The van der Waals surface area contributed by atoms with Crippen LogP contribution in [0.25, 0.3) is 55.4 Å². The lowest BCUT2D eigenvalue weighted by atomic mass is 9.95. The van der Waals surface area contributed by atoms with Crippen molar-refractivity contribution in [3.05, 3.63) is 101 Å². The fourth-order valence-corrected chi connectivity index (χ4v) is 5.75. The topological polar surface area (TPSA) is 57.1 Å². The summed E-state index contributed by atoms with van der Waals surface area (Å²) in [4.78, 5) is 14.7. The SMILES string of the molecule is COc1cc(C)c(-c2ccc(-c3ccc4ccc5cc(-c6c(C)cc(OC)cc6C)cnc5c4n3)nc2)c(C)c1. The number of pyridine rings is 3. The van der Waals surface area contributed by atoms with E-state index in [1.165, 1.54) is 11.1 Å². The Morgan fingerprint density at radius 2 is 1.02 bits per heavy atom. The van der Waals surface area contributed by atoms with E-state index < -0.39 is 0 Å². The Morgan fingerprint density at radius 3 is 1.60 bits per heavy atom. The van der Waals surface area contributed by atoms with Gasteiger partial charge < -0.3 is 9.47 Å². The van der Waals surface area contributed by atoms with Crippen LogP contribution in [0.1, 0.15) is 22.3 Å². The molecule has 0 aliphatic carbocycles. The van der Waals surface area contributed by atoms with Gasteiger partial charge in [0.2, 0.25) is 0 Å². The van der Waals surface area contributed by atoms with Crippen LogP contribution < -0.4 is 9.47 Å². The van der Waals surface area contributed by atoms with Crippen molar-refractivity contribution in [1.82, 2.24) is 15.0 Å². The predicted molar refractivity (Wildman–Crippen MR) is 163 cm³/mol. The lowest BCUT2D eigenvalue weighted by Crippen LogP contribution is -1.95. The highest BCUT2D eigenvalue weighted by molar-refractivity contribution is 6.04. The van der Waals surface area contributed by atoms with Crippen LogP contribution in [0, 0.1) is 27.7 Å². The highest BCUT2D eigenvalue weighted by Gasteiger charge is 2.13. The van der Waals surface area contributed by atoms with Gasteiger partial charge in [0.15, 0.2) is 0 Å². The van der Waals surface area contributed by atoms with E-state index in [0.29, 0.717) is 0 Å². The summed E-state index contributed by atoms with van der Waals surface area (Å²) in [5, 5.41) is 2.10. The molecule has 0 saturated carbocycles. The van der Waals surface area contributed by atoms with Crippen molar-refractivity contribution in [2.75, 3.05) is 14.2 Å². The maximum Gasteiger partial charge on any atom is 0.119 e. The van der Waals surface area contributed by atoms with Crippen LogP contribution in [0.5, 0.6) is 11.5 Å². The third-order valence-corrected chi connectivity index (χ3v) is 7.60. The quantitative estimate of drug-likeness (QED) is 0.211. The Bertz CT molecular complexity index is 1860. The van der Waals surface area contributed by atoms with Crippen molar-refractivity contribution in [3.8, 4) is 45.1 Å². The number of hydrogen-bond acceptors (Lipinski definition) is 5. The standard InChI is InChI=1S/C35H31N3O2/c1-20-13-28(39-5)14-21(2)32(20)26-10-11-30(36-18-26)31-12-9-24-7-8-25-17-27(19-37-34(25)35(24)38-31)33-22(3)15-29(40-6)16-23(33)4/h7-19H,1-6H3. The minimum atomic E-state index is 0.822. The number of nitrogens with zero attached hydrogens (tertiary/aromatic N) is 3. The van der Waals surface area contributed by atoms with Gasteiger partial charge in [-0.05, 0) is 104 Å². The van der Waals surface area contributed by atoms with E-state index in [9.17, 15) is 0 Å². The number of benzene rings is 3. The van der Waals surface area contributed by atoms with E-state index in [4.69, 9.17) is 24.4 Å². The van der Waals surface area contributed by atoms with E-state index in [0.717, 1.165) is 78.1 Å². The molecular weight excluding hydrogens is 494 g/mol. The maximum atomic E-state index is 5.45. The van der Waals surface area contributed by atoms with Crippen LogP contribution in [-0.2, 0) is 0 Å². The molecule has 6 rings (SSSR count). The van der Waals surface area contributed by atoms with Gasteiger partial charge in [0.05, 0.1) is 36.6 Å². The molecular formula is C35H31N3O2. The summed E-state index contributed by atoms with van der Waals surface area (Å²) in [5.41, 5.74) is 12.6. The summed E-state index contributed by atoms with van der Waals surface area (Å²) < 4.78 is 10.9. The third kappa shape index (κ3) is 4.43. The zero-order chi connectivity index (χ0) is 28.0. The van der Waals surface area contributed by atoms with E-state index >= 15 is 0 Å². The van der Waals surface area contributed by atoms with Gasteiger partial charge in [-0.25, -0.2) is 4.98 Å². The normalized spacial score (nSPS) is 11.2. The fourth-order valence-electron chi connectivity index (χ4n) is 5.75. The molecule has 198 valence electrons. The van der Waals surface area contributed by atoms with Crippen LogP contribution in [0.3, 0.4) is 0 Å². The first-order valence-corrected chi connectivity index (χ1v) is 13.3. The van der Waals surface area contributed by atoms with Crippen LogP contribution in [0.2, 0.25) is 0 Å². The largest absolute Gasteiger partial charge is 0.497 e. The highest BCUT2D eigenvalue weighted by atomic mass is 16.5. The van der Waals surface area contributed by atoms with Gasteiger partial charge in [0.1, 0.15) is 11.5 Å². The Hall–Kier alpha value is -4.77. The zero-order valence-electron chi connectivity index (χ0n) is 23.7. The summed E-state index contributed by atoms with van der Waals surface area (Å²) >= 11 is 0. The molecule has 0 amide bonds. The summed E-state index contributed by atoms with van der Waals surface area (Å²) in [6, 6.07) is 23.0. The molecule has 3 heterocycles. The summed E-state index contributed by atoms with van der Waals surface area (Å²) in [6.45, 7) is 8.42. The molecule has 40 heavy (non-hydrogen) atoms. The van der Waals surface area contributed by atoms with Crippen LogP contribution in [0.15, 0.2) is 79.1 Å². The molecule has 5 nitrogen and oxygen atoms in total. The van der Waals surface area contributed by atoms with Gasteiger partial charge in [-0.3, -0.25) is 9.97 Å². The van der Waals surface area contributed by atoms with E-state index in [1.54, 1.807) is 14.2 Å². The van der Waals surface area contributed by atoms with Gasteiger partial charge in [-0.15, -0.1) is 0 Å². The number of aromatic nitrogens is 3. The van der Waals surface area contributed by atoms with Gasteiger partial charge in [0.25, 0.3) is 0 Å². The minimum absolute atomic E-state index is 0.822.